The normalized spacial score (nSPS) is 9.94. The monoisotopic (exact) mass is 234 g/mol. The molecule has 1 heterocycles. The van der Waals surface area contributed by atoms with Gasteiger partial charge < -0.3 is 4.74 Å². The molecule has 17 heavy (non-hydrogen) atoms. The molecule has 1 aromatic heterocycles. The van der Waals surface area contributed by atoms with Crippen LogP contribution in [0.25, 0.3) is 0 Å². The van der Waals surface area contributed by atoms with Crippen molar-refractivity contribution < 1.29 is 14.1 Å². The number of nitrogens with zero attached hydrogens (tertiary/aromatic N) is 2. The van der Waals surface area contributed by atoms with Gasteiger partial charge in [-0.25, -0.2) is 4.39 Å². The number of pyridine rings is 1. The van der Waals surface area contributed by atoms with Crippen LogP contribution in [0.4, 0.5) is 10.1 Å². The second-order valence-electron chi connectivity index (χ2n) is 3.20. The van der Waals surface area contributed by atoms with E-state index in [2.05, 4.69) is 4.98 Å². The third-order valence-corrected chi connectivity index (χ3v) is 1.94. The fourth-order valence-electron chi connectivity index (χ4n) is 1.23. The maximum Gasteiger partial charge on any atom is 0.291 e. The molecule has 6 heteroatoms. The van der Waals surface area contributed by atoms with Crippen LogP contribution in [0.3, 0.4) is 0 Å². The largest absolute Gasteiger partial charge is 0.455 e. The highest BCUT2D eigenvalue weighted by Crippen LogP contribution is 2.24. The van der Waals surface area contributed by atoms with Gasteiger partial charge in [-0.1, -0.05) is 6.07 Å². The molecule has 0 fully saturated rings. The van der Waals surface area contributed by atoms with E-state index >= 15 is 0 Å². The van der Waals surface area contributed by atoms with E-state index in [9.17, 15) is 14.5 Å². The molecule has 0 aliphatic carbocycles. The molecule has 0 unspecified atom stereocenters. The number of hydrogen-bond acceptors (Lipinski definition) is 4. The molecule has 0 aliphatic rings. The molecular weight excluding hydrogens is 227 g/mol. The van der Waals surface area contributed by atoms with Crippen LogP contribution in [-0.4, -0.2) is 9.91 Å². The quantitative estimate of drug-likeness (QED) is 0.605. The van der Waals surface area contributed by atoms with Gasteiger partial charge in [0.1, 0.15) is 17.8 Å². The predicted octanol–water partition coefficient (Wildman–Crippen LogP) is 2.92. The third-order valence-electron chi connectivity index (χ3n) is 1.94. The highest BCUT2D eigenvalue weighted by molar-refractivity contribution is 5.37. The van der Waals surface area contributed by atoms with Gasteiger partial charge in [-0.3, -0.25) is 15.1 Å². The van der Waals surface area contributed by atoms with Gasteiger partial charge in [0.2, 0.25) is 0 Å². The first-order chi connectivity index (χ1) is 8.15. The van der Waals surface area contributed by atoms with E-state index in [4.69, 9.17) is 4.74 Å². The second-order valence-corrected chi connectivity index (χ2v) is 3.20. The average molecular weight is 234 g/mol. The van der Waals surface area contributed by atoms with Crippen molar-refractivity contribution in [1.82, 2.24) is 4.98 Å². The summed E-state index contributed by atoms with van der Waals surface area (Å²) < 4.78 is 18.1. The number of benzene rings is 1. The molecule has 0 saturated heterocycles. The first kappa shape index (κ1) is 11.0. The lowest BCUT2D eigenvalue weighted by Crippen LogP contribution is -1.91. The zero-order chi connectivity index (χ0) is 12.3. The summed E-state index contributed by atoms with van der Waals surface area (Å²) in [6.45, 7) is 0. The van der Waals surface area contributed by atoms with Gasteiger partial charge in [0.05, 0.1) is 17.2 Å². The highest BCUT2D eigenvalue weighted by atomic mass is 19.1. The molecule has 0 amide bonds. The van der Waals surface area contributed by atoms with Gasteiger partial charge in [-0.2, -0.15) is 0 Å². The standard InChI is InChI=1S/C11H7FN2O3/c12-8-2-1-3-10(4-8)17-11-5-9(14(15)16)6-13-7-11/h1-7H. The van der Waals surface area contributed by atoms with Gasteiger partial charge in [0.15, 0.2) is 5.75 Å². The fourth-order valence-corrected chi connectivity index (χ4v) is 1.23. The van der Waals surface area contributed by atoms with Crippen LogP contribution in [0.2, 0.25) is 0 Å². The molecule has 0 saturated carbocycles. The number of nitro groups is 1. The van der Waals surface area contributed by atoms with Crippen molar-refractivity contribution in [1.29, 1.82) is 0 Å². The lowest BCUT2D eigenvalue weighted by molar-refractivity contribution is -0.385. The number of rotatable bonds is 3. The third kappa shape index (κ3) is 2.75. The van der Waals surface area contributed by atoms with E-state index in [0.29, 0.717) is 0 Å². The number of aromatic nitrogens is 1. The smallest absolute Gasteiger partial charge is 0.291 e. The second kappa shape index (κ2) is 4.56. The van der Waals surface area contributed by atoms with Crippen LogP contribution < -0.4 is 4.74 Å². The first-order valence-corrected chi connectivity index (χ1v) is 4.68. The Morgan fingerprint density at radius 2 is 2.06 bits per heavy atom. The van der Waals surface area contributed by atoms with Gasteiger partial charge in [-0.05, 0) is 12.1 Å². The Kier molecular flexibility index (Phi) is 2.95. The van der Waals surface area contributed by atoms with Crippen molar-refractivity contribution in [3.63, 3.8) is 0 Å². The fraction of sp³-hybridized carbons (Fsp3) is 0. The summed E-state index contributed by atoms with van der Waals surface area (Å²) in [5.41, 5.74) is -0.182. The van der Waals surface area contributed by atoms with Crippen LogP contribution in [-0.2, 0) is 0 Å². The van der Waals surface area contributed by atoms with Crippen molar-refractivity contribution in [2.75, 3.05) is 0 Å². The Hall–Kier alpha value is -2.50. The van der Waals surface area contributed by atoms with E-state index < -0.39 is 10.7 Å². The first-order valence-electron chi connectivity index (χ1n) is 4.68. The molecule has 1 aromatic carbocycles. The molecule has 2 aromatic rings. The van der Waals surface area contributed by atoms with Crippen molar-refractivity contribution in [3.05, 3.63) is 58.7 Å². The molecule has 0 spiro atoms. The SMILES string of the molecule is O=[N+]([O-])c1cncc(Oc2cccc(F)c2)c1. The van der Waals surface area contributed by atoms with Gasteiger partial charge in [-0.15, -0.1) is 0 Å². The van der Waals surface area contributed by atoms with Crippen LogP contribution in [0.15, 0.2) is 42.7 Å². The summed E-state index contributed by atoms with van der Waals surface area (Å²) in [7, 11) is 0. The average Bonchev–Trinajstić information content (AvgIpc) is 2.29. The Bertz CT molecular complexity index is 560. The summed E-state index contributed by atoms with van der Waals surface area (Å²) >= 11 is 0. The van der Waals surface area contributed by atoms with Crippen LogP contribution in [0.5, 0.6) is 11.5 Å². The van der Waals surface area contributed by atoms with Crippen LogP contribution in [0.1, 0.15) is 0 Å². The number of ether oxygens (including phenoxy) is 1. The van der Waals surface area contributed by atoms with Crippen molar-refractivity contribution in [3.8, 4) is 11.5 Å². The minimum atomic E-state index is -0.578. The van der Waals surface area contributed by atoms with Gasteiger partial charge >= 0.3 is 0 Å². The van der Waals surface area contributed by atoms with E-state index in [1.807, 2.05) is 0 Å². The lowest BCUT2D eigenvalue weighted by atomic mass is 10.3. The summed E-state index contributed by atoms with van der Waals surface area (Å²) in [5, 5.41) is 10.5. The summed E-state index contributed by atoms with van der Waals surface area (Å²) in [6, 6.07) is 6.70. The molecule has 0 aliphatic heterocycles. The van der Waals surface area contributed by atoms with E-state index in [-0.39, 0.29) is 17.2 Å². The number of halogens is 1. The van der Waals surface area contributed by atoms with Crippen molar-refractivity contribution in [2.45, 2.75) is 0 Å². The molecule has 0 radical (unpaired) electrons. The van der Waals surface area contributed by atoms with E-state index in [1.54, 1.807) is 6.07 Å². The van der Waals surface area contributed by atoms with Gasteiger partial charge in [0.25, 0.3) is 5.69 Å². The van der Waals surface area contributed by atoms with Crippen LogP contribution >= 0.6 is 0 Å². The maximum absolute atomic E-state index is 12.9. The van der Waals surface area contributed by atoms with Crippen LogP contribution in [0, 0.1) is 15.9 Å². The molecule has 5 nitrogen and oxygen atoms in total. The summed E-state index contributed by atoms with van der Waals surface area (Å²) in [4.78, 5) is 13.6. The Balaban J connectivity index is 2.24. The highest BCUT2D eigenvalue weighted by Gasteiger charge is 2.08. The Morgan fingerprint density at radius 3 is 2.76 bits per heavy atom. The predicted molar refractivity (Wildman–Crippen MR) is 57.4 cm³/mol. The topological polar surface area (TPSA) is 65.3 Å². The van der Waals surface area contributed by atoms with Gasteiger partial charge in [0, 0.05) is 6.07 Å². The minimum Gasteiger partial charge on any atom is -0.455 e. The number of hydrogen-bond donors (Lipinski definition) is 0. The zero-order valence-electron chi connectivity index (χ0n) is 8.54. The molecular formula is C11H7FN2O3. The Morgan fingerprint density at radius 1 is 1.24 bits per heavy atom. The minimum absolute atomic E-state index is 0.182. The maximum atomic E-state index is 12.9. The molecule has 0 N–H and O–H groups in total. The molecule has 0 bridgehead atoms. The van der Waals surface area contributed by atoms with E-state index in [1.165, 1.54) is 30.5 Å². The Labute approximate surface area is 95.6 Å². The molecule has 86 valence electrons. The van der Waals surface area contributed by atoms with Crippen molar-refractivity contribution in [2.24, 2.45) is 0 Å². The molecule has 2 rings (SSSR count). The summed E-state index contributed by atoms with van der Waals surface area (Å²) in [6.07, 6.45) is 2.43. The summed E-state index contributed by atoms with van der Waals surface area (Å²) in [5.74, 6) is -0.00186. The van der Waals surface area contributed by atoms with E-state index in [0.717, 1.165) is 6.20 Å². The molecule has 0 atom stereocenters. The lowest BCUT2D eigenvalue weighted by Gasteiger charge is -2.04. The zero-order valence-corrected chi connectivity index (χ0v) is 8.54. The van der Waals surface area contributed by atoms with Crippen molar-refractivity contribution >= 4 is 5.69 Å².